The summed E-state index contributed by atoms with van der Waals surface area (Å²) in [4.78, 5) is 33.0. The first-order valence-electron chi connectivity index (χ1n) is 11.1. The first-order valence-corrected chi connectivity index (χ1v) is 11.1. The van der Waals surface area contributed by atoms with Crippen molar-refractivity contribution in [2.24, 2.45) is 16.8 Å². The molecule has 0 spiro atoms. The number of piperidine rings is 1. The number of urea groups is 1. The van der Waals surface area contributed by atoms with Gasteiger partial charge >= 0.3 is 12.0 Å². The van der Waals surface area contributed by atoms with Crippen molar-refractivity contribution < 1.29 is 24.2 Å². The van der Waals surface area contributed by atoms with Crippen molar-refractivity contribution in [3.63, 3.8) is 0 Å². The summed E-state index contributed by atoms with van der Waals surface area (Å²) < 4.78 is 10.7. The lowest BCUT2D eigenvalue weighted by atomic mass is 9.78. The molecule has 31 heavy (non-hydrogen) atoms. The Balaban J connectivity index is 1.51. The first-order chi connectivity index (χ1) is 15.0. The highest BCUT2D eigenvalue weighted by atomic mass is 16.5. The van der Waals surface area contributed by atoms with Gasteiger partial charge in [-0.25, -0.2) is 4.79 Å². The van der Waals surface area contributed by atoms with Gasteiger partial charge < -0.3 is 24.4 Å². The van der Waals surface area contributed by atoms with Crippen molar-refractivity contribution in [2.75, 3.05) is 53.0 Å². The number of carbonyl (C=O) groups is 2. The van der Waals surface area contributed by atoms with E-state index in [2.05, 4.69) is 12.1 Å². The molecule has 4 rings (SSSR count). The summed E-state index contributed by atoms with van der Waals surface area (Å²) in [5.41, 5.74) is 3.36. The number of methoxy groups -OCH3 is 1. The molecule has 0 saturated carbocycles. The number of carboxylic acids is 1. The summed E-state index contributed by atoms with van der Waals surface area (Å²) in [5.74, 6) is 0.168. The van der Waals surface area contributed by atoms with E-state index < -0.39 is 5.97 Å². The Morgan fingerprint density at radius 1 is 1.19 bits per heavy atom. The average Bonchev–Trinajstić information content (AvgIpc) is 2.79. The first kappa shape index (κ1) is 21.6. The van der Waals surface area contributed by atoms with Gasteiger partial charge in [-0.3, -0.25) is 9.79 Å². The Hall–Kier alpha value is -2.61. The van der Waals surface area contributed by atoms with Crippen LogP contribution in [0.2, 0.25) is 0 Å². The number of amides is 2. The Bertz CT molecular complexity index is 850. The molecule has 0 aromatic heterocycles. The quantitative estimate of drug-likeness (QED) is 0.776. The molecular formula is C23H31N3O5. The lowest BCUT2D eigenvalue weighted by molar-refractivity contribution is -0.139. The number of carbonyl (C=O) groups excluding carboxylic acids is 1. The van der Waals surface area contributed by atoms with Crippen LogP contribution in [0.4, 0.5) is 4.79 Å². The van der Waals surface area contributed by atoms with Gasteiger partial charge in [0.25, 0.3) is 0 Å². The maximum atomic E-state index is 13.0. The van der Waals surface area contributed by atoms with E-state index in [1.54, 1.807) is 7.11 Å². The van der Waals surface area contributed by atoms with E-state index in [-0.39, 0.29) is 24.3 Å². The molecule has 2 fully saturated rings. The van der Waals surface area contributed by atoms with Crippen LogP contribution in [0.15, 0.2) is 23.2 Å². The molecule has 0 aliphatic carbocycles. The molecule has 2 unspecified atom stereocenters. The second-order valence-electron chi connectivity index (χ2n) is 8.54. The molecular weight excluding hydrogens is 398 g/mol. The highest BCUT2D eigenvalue weighted by Crippen LogP contribution is 2.33. The molecule has 1 aromatic carbocycles. The fraction of sp³-hybridized carbons (Fsp3) is 0.609. The van der Waals surface area contributed by atoms with Crippen molar-refractivity contribution in [1.29, 1.82) is 0 Å². The maximum Gasteiger partial charge on any atom is 0.320 e. The van der Waals surface area contributed by atoms with Gasteiger partial charge in [0.1, 0.15) is 5.75 Å². The zero-order valence-corrected chi connectivity index (χ0v) is 18.1. The van der Waals surface area contributed by atoms with Gasteiger partial charge in [0.15, 0.2) is 0 Å². The Kier molecular flexibility index (Phi) is 6.75. The van der Waals surface area contributed by atoms with Crippen LogP contribution in [0.3, 0.4) is 0 Å². The molecule has 0 bridgehead atoms. The number of ether oxygens (including phenoxy) is 2. The summed E-state index contributed by atoms with van der Waals surface area (Å²) in [5, 5.41) is 9.44. The van der Waals surface area contributed by atoms with Gasteiger partial charge in [-0.2, -0.15) is 0 Å². The van der Waals surface area contributed by atoms with Gasteiger partial charge in [0.05, 0.1) is 20.3 Å². The molecule has 3 aliphatic rings. The van der Waals surface area contributed by atoms with E-state index >= 15 is 0 Å². The predicted molar refractivity (Wildman–Crippen MR) is 116 cm³/mol. The van der Waals surface area contributed by atoms with Crippen molar-refractivity contribution in [3.05, 3.63) is 29.3 Å². The summed E-state index contributed by atoms with van der Waals surface area (Å²) in [6, 6.07) is 6.10. The molecule has 2 amide bonds. The van der Waals surface area contributed by atoms with E-state index in [4.69, 9.17) is 14.5 Å². The maximum absolute atomic E-state index is 13.0. The minimum atomic E-state index is -0.779. The minimum absolute atomic E-state index is 0.0394. The van der Waals surface area contributed by atoms with Crippen molar-refractivity contribution in [2.45, 2.75) is 25.7 Å². The van der Waals surface area contributed by atoms with Crippen LogP contribution >= 0.6 is 0 Å². The van der Waals surface area contributed by atoms with Gasteiger partial charge in [-0.05, 0) is 60.4 Å². The molecule has 1 N–H and O–H groups in total. The number of hydrogen-bond donors (Lipinski definition) is 1. The number of morpholine rings is 1. The number of likely N-dealkylation sites (tertiary alicyclic amines) is 1. The lowest BCUT2D eigenvalue weighted by Gasteiger charge is -2.41. The number of hydrogen-bond acceptors (Lipinski definition) is 5. The number of benzene rings is 1. The van der Waals surface area contributed by atoms with Crippen LogP contribution in [0.5, 0.6) is 5.75 Å². The SMILES string of the molecule is COc1ccc2c(c1)CCN=C2CC1CN(C(=O)N2CCOCC2)CCC1CC(=O)O. The van der Waals surface area contributed by atoms with Crippen LogP contribution in [-0.2, 0) is 16.0 Å². The van der Waals surface area contributed by atoms with E-state index in [9.17, 15) is 14.7 Å². The van der Waals surface area contributed by atoms with E-state index in [0.29, 0.717) is 52.2 Å². The average molecular weight is 430 g/mol. The van der Waals surface area contributed by atoms with Crippen molar-refractivity contribution in [1.82, 2.24) is 9.80 Å². The van der Waals surface area contributed by atoms with Crippen LogP contribution < -0.4 is 4.74 Å². The fourth-order valence-corrected chi connectivity index (χ4v) is 4.94. The van der Waals surface area contributed by atoms with Crippen molar-refractivity contribution >= 4 is 17.7 Å². The molecule has 8 heteroatoms. The highest BCUT2D eigenvalue weighted by molar-refractivity contribution is 6.03. The summed E-state index contributed by atoms with van der Waals surface area (Å²) in [6.45, 7) is 4.26. The lowest BCUT2D eigenvalue weighted by Crippen LogP contribution is -2.52. The Morgan fingerprint density at radius 3 is 2.74 bits per heavy atom. The number of aliphatic carboxylic acids is 1. The molecule has 168 valence electrons. The Labute approximate surface area is 182 Å². The third-order valence-corrected chi connectivity index (χ3v) is 6.64. The molecule has 3 aliphatic heterocycles. The van der Waals surface area contributed by atoms with Gasteiger partial charge in [0.2, 0.25) is 0 Å². The topological polar surface area (TPSA) is 91.7 Å². The number of rotatable bonds is 5. The fourth-order valence-electron chi connectivity index (χ4n) is 4.94. The standard InChI is InChI=1S/C23H31N3O5/c1-30-19-2-3-20-17(12-19)4-6-24-21(20)13-18-15-26(7-5-16(18)14-22(27)28)23(29)25-8-10-31-11-9-25/h2-3,12,16,18H,4-11,13-15H2,1H3,(H,27,28). The van der Waals surface area contributed by atoms with Crippen LogP contribution in [-0.4, -0.2) is 85.7 Å². The minimum Gasteiger partial charge on any atom is -0.497 e. The number of aliphatic imine (C=N–C) groups is 1. The summed E-state index contributed by atoms with van der Waals surface area (Å²) in [7, 11) is 1.66. The second-order valence-corrected chi connectivity index (χ2v) is 8.54. The van der Waals surface area contributed by atoms with E-state index in [0.717, 1.165) is 30.0 Å². The van der Waals surface area contributed by atoms with Gasteiger partial charge in [-0.1, -0.05) is 0 Å². The largest absolute Gasteiger partial charge is 0.497 e. The monoisotopic (exact) mass is 429 g/mol. The van der Waals surface area contributed by atoms with Crippen LogP contribution in [0.25, 0.3) is 0 Å². The van der Waals surface area contributed by atoms with Crippen LogP contribution in [0.1, 0.15) is 30.4 Å². The smallest absolute Gasteiger partial charge is 0.320 e. The summed E-state index contributed by atoms with van der Waals surface area (Å²) in [6.07, 6.45) is 2.40. The third kappa shape index (κ3) is 5.01. The molecule has 8 nitrogen and oxygen atoms in total. The van der Waals surface area contributed by atoms with E-state index in [1.807, 2.05) is 15.9 Å². The van der Waals surface area contributed by atoms with E-state index in [1.165, 1.54) is 5.56 Å². The molecule has 2 saturated heterocycles. The third-order valence-electron chi connectivity index (χ3n) is 6.64. The molecule has 1 aromatic rings. The zero-order valence-electron chi connectivity index (χ0n) is 18.1. The van der Waals surface area contributed by atoms with Gasteiger partial charge in [0, 0.05) is 44.9 Å². The van der Waals surface area contributed by atoms with Crippen LogP contribution in [0, 0.1) is 11.8 Å². The Morgan fingerprint density at radius 2 is 2.00 bits per heavy atom. The molecule has 2 atom stereocenters. The molecule has 0 radical (unpaired) electrons. The second kappa shape index (κ2) is 9.68. The summed E-state index contributed by atoms with van der Waals surface area (Å²) >= 11 is 0. The van der Waals surface area contributed by atoms with Crippen molar-refractivity contribution in [3.8, 4) is 5.75 Å². The number of carboxylic acid groups (broad SMARTS) is 1. The zero-order chi connectivity index (χ0) is 21.8. The normalized spacial score (nSPS) is 23.7. The molecule has 3 heterocycles. The number of fused-ring (bicyclic) bond motifs is 1. The highest BCUT2D eigenvalue weighted by Gasteiger charge is 2.36. The van der Waals surface area contributed by atoms with Gasteiger partial charge in [-0.15, -0.1) is 0 Å². The predicted octanol–water partition coefficient (Wildman–Crippen LogP) is 2.30. The number of nitrogens with zero attached hydrogens (tertiary/aromatic N) is 3.